The Bertz CT molecular complexity index is 557. The molecule has 0 aliphatic rings. The SMILES string of the molecule is O=C(Cc1ccccc1F)c1ncccc1Br. The fourth-order valence-electron chi connectivity index (χ4n) is 1.49. The molecule has 0 aliphatic heterocycles. The predicted octanol–water partition coefficient (Wildman–Crippen LogP) is 3.41. The molecular weight excluding hydrogens is 285 g/mol. The molecule has 1 aromatic heterocycles. The van der Waals surface area contributed by atoms with E-state index in [1.165, 1.54) is 6.07 Å². The van der Waals surface area contributed by atoms with Crippen molar-refractivity contribution >= 4 is 21.7 Å². The molecule has 17 heavy (non-hydrogen) atoms. The largest absolute Gasteiger partial charge is 0.292 e. The van der Waals surface area contributed by atoms with E-state index >= 15 is 0 Å². The van der Waals surface area contributed by atoms with E-state index in [1.807, 2.05) is 0 Å². The van der Waals surface area contributed by atoms with Crippen molar-refractivity contribution in [3.05, 3.63) is 64.1 Å². The first-order valence-corrected chi connectivity index (χ1v) is 5.85. The molecule has 0 atom stereocenters. The van der Waals surface area contributed by atoms with E-state index < -0.39 is 0 Å². The molecule has 2 aromatic rings. The molecule has 1 heterocycles. The summed E-state index contributed by atoms with van der Waals surface area (Å²) in [6.07, 6.45) is 1.56. The van der Waals surface area contributed by atoms with Gasteiger partial charge in [-0.25, -0.2) is 4.39 Å². The van der Waals surface area contributed by atoms with Crippen molar-refractivity contribution in [1.29, 1.82) is 0 Å². The number of halogens is 2. The zero-order valence-corrected chi connectivity index (χ0v) is 10.4. The average Bonchev–Trinajstić information content (AvgIpc) is 2.32. The molecule has 2 rings (SSSR count). The van der Waals surface area contributed by atoms with Crippen LogP contribution in [0, 0.1) is 5.82 Å². The first kappa shape index (κ1) is 11.9. The summed E-state index contributed by atoms with van der Waals surface area (Å²) in [6, 6.07) is 9.71. The smallest absolute Gasteiger partial charge is 0.186 e. The number of hydrogen-bond donors (Lipinski definition) is 0. The summed E-state index contributed by atoms with van der Waals surface area (Å²) in [6.45, 7) is 0. The highest BCUT2D eigenvalue weighted by atomic mass is 79.9. The summed E-state index contributed by atoms with van der Waals surface area (Å²) in [5.41, 5.74) is 0.714. The lowest BCUT2D eigenvalue weighted by molar-refractivity contribution is 0.0986. The number of carbonyl (C=O) groups excluding carboxylic acids is 1. The maximum absolute atomic E-state index is 13.4. The summed E-state index contributed by atoms with van der Waals surface area (Å²) >= 11 is 3.25. The van der Waals surface area contributed by atoms with Crippen LogP contribution in [0.25, 0.3) is 0 Å². The zero-order chi connectivity index (χ0) is 12.3. The number of rotatable bonds is 3. The van der Waals surface area contributed by atoms with Gasteiger partial charge in [-0.1, -0.05) is 18.2 Å². The number of carbonyl (C=O) groups is 1. The van der Waals surface area contributed by atoms with Crippen LogP contribution in [0.2, 0.25) is 0 Å². The van der Waals surface area contributed by atoms with Crippen molar-refractivity contribution in [2.45, 2.75) is 6.42 Å². The van der Waals surface area contributed by atoms with Crippen LogP contribution in [0.15, 0.2) is 47.1 Å². The molecule has 0 bridgehead atoms. The Morgan fingerprint density at radius 1 is 1.24 bits per heavy atom. The highest BCUT2D eigenvalue weighted by Crippen LogP contribution is 2.16. The van der Waals surface area contributed by atoms with Gasteiger partial charge in [-0.2, -0.15) is 0 Å². The van der Waals surface area contributed by atoms with Crippen molar-refractivity contribution in [2.75, 3.05) is 0 Å². The van der Waals surface area contributed by atoms with Crippen LogP contribution in [-0.2, 0) is 6.42 Å². The monoisotopic (exact) mass is 293 g/mol. The molecule has 0 unspecified atom stereocenters. The van der Waals surface area contributed by atoms with Gasteiger partial charge in [0.1, 0.15) is 11.5 Å². The van der Waals surface area contributed by atoms with Crippen LogP contribution in [0.1, 0.15) is 16.1 Å². The number of pyridine rings is 1. The quantitative estimate of drug-likeness (QED) is 0.812. The van der Waals surface area contributed by atoms with Gasteiger partial charge in [0.15, 0.2) is 5.78 Å². The van der Waals surface area contributed by atoms with Gasteiger partial charge in [0, 0.05) is 17.1 Å². The van der Waals surface area contributed by atoms with Crippen LogP contribution < -0.4 is 0 Å². The highest BCUT2D eigenvalue weighted by molar-refractivity contribution is 9.10. The Labute approximate surface area is 107 Å². The van der Waals surface area contributed by atoms with E-state index in [9.17, 15) is 9.18 Å². The fraction of sp³-hybridized carbons (Fsp3) is 0.0769. The molecule has 0 amide bonds. The van der Waals surface area contributed by atoms with Crippen LogP contribution in [-0.4, -0.2) is 10.8 Å². The minimum Gasteiger partial charge on any atom is -0.292 e. The summed E-state index contributed by atoms with van der Waals surface area (Å²) in [4.78, 5) is 15.9. The van der Waals surface area contributed by atoms with Gasteiger partial charge < -0.3 is 0 Å². The van der Waals surface area contributed by atoms with E-state index in [4.69, 9.17) is 0 Å². The summed E-state index contributed by atoms with van der Waals surface area (Å²) < 4.78 is 14.0. The molecule has 0 radical (unpaired) electrons. The topological polar surface area (TPSA) is 30.0 Å². The van der Waals surface area contributed by atoms with E-state index in [1.54, 1.807) is 36.5 Å². The van der Waals surface area contributed by atoms with Gasteiger partial charge in [-0.05, 0) is 39.7 Å². The van der Waals surface area contributed by atoms with Crippen molar-refractivity contribution in [2.24, 2.45) is 0 Å². The van der Waals surface area contributed by atoms with Gasteiger partial charge >= 0.3 is 0 Å². The number of ketones is 1. The first-order valence-electron chi connectivity index (χ1n) is 5.05. The maximum atomic E-state index is 13.4. The zero-order valence-electron chi connectivity index (χ0n) is 8.86. The van der Waals surface area contributed by atoms with Crippen LogP contribution in [0.4, 0.5) is 4.39 Å². The minimum absolute atomic E-state index is 0.0162. The molecule has 0 N–H and O–H groups in total. The standard InChI is InChI=1S/C13H9BrFNO/c14-10-5-3-7-16-13(10)12(17)8-9-4-1-2-6-11(9)15/h1-7H,8H2. The number of Topliss-reactive ketones (excluding diaryl/α,β-unsaturated/α-hetero) is 1. The van der Waals surface area contributed by atoms with E-state index in [0.717, 1.165) is 0 Å². The Kier molecular flexibility index (Phi) is 3.64. The number of nitrogens with zero attached hydrogens (tertiary/aromatic N) is 1. The normalized spacial score (nSPS) is 10.2. The molecule has 0 aliphatic carbocycles. The van der Waals surface area contributed by atoms with Crippen molar-refractivity contribution in [1.82, 2.24) is 4.98 Å². The third-order valence-electron chi connectivity index (χ3n) is 2.33. The van der Waals surface area contributed by atoms with E-state index in [0.29, 0.717) is 15.7 Å². The molecule has 2 nitrogen and oxygen atoms in total. The molecule has 1 aromatic carbocycles. The van der Waals surface area contributed by atoms with E-state index in [-0.39, 0.29) is 18.0 Å². The summed E-state index contributed by atoms with van der Waals surface area (Å²) in [5.74, 6) is -0.574. The lowest BCUT2D eigenvalue weighted by Crippen LogP contribution is -2.07. The molecule has 4 heteroatoms. The Balaban J connectivity index is 2.24. The highest BCUT2D eigenvalue weighted by Gasteiger charge is 2.13. The second-order valence-electron chi connectivity index (χ2n) is 3.53. The number of aromatic nitrogens is 1. The van der Waals surface area contributed by atoms with Gasteiger partial charge in [-0.3, -0.25) is 9.78 Å². The van der Waals surface area contributed by atoms with Crippen molar-refractivity contribution < 1.29 is 9.18 Å². The van der Waals surface area contributed by atoms with Crippen LogP contribution in [0.3, 0.4) is 0 Å². The van der Waals surface area contributed by atoms with Crippen molar-refractivity contribution in [3.8, 4) is 0 Å². The second-order valence-corrected chi connectivity index (χ2v) is 4.38. The molecular formula is C13H9BrFNO. The average molecular weight is 294 g/mol. The van der Waals surface area contributed by atoms with Gasteiger partial charge in [0.05, 0.1) is 0 Å². The fourth-order valence-corrected chi connectivity index (χ4v) is 1.97. The number of hydrogen-bond acceptors (Lipinski definition) is 2. The molecule has 0 saturated heterocycles. The Morgan fingerprint density at radius 2 is 2.00 bits per heavy atom. The lowest BCUT2D eigenvalue weighted by atomic mass is 10.1. The predicted molar refractivity (Wildman–Crippen MR) is 66.4 cm³/mol. The maximum Gasteiger partial charge on any atom is 0.186 e. The molecule has 86 valence electrons. The summed E-state index contributed by atoms with van der Waals surface area (Å²) in [7, 11) is 0. The Hall–Kier alpha value is -1.55. The van der Waals surface area contributed by atoms with Crippen LogP contribution >= 0.6 is 15.9 Å². The lowest BCUT2D eigenvalue weighted by Gasteiger charge is -2.03. The minimum atomic E-state index is -0.368. The number of benzene rings is 1. The molecule has 0 spiro atoms. The first-order chi connectivity index (χ1) is 8.18. The third-order valence-corrected chi connectivity index (χ3v) is 2.97. The third kappa shape index (κ3) is 2.77. The van der Waals surface area contributed by atoms with Gasteiger partial charge in [0.2, 0.25) is 0 Å². The van der Waals surface area contributed by atoms with Gasteiger partial charge in [-0.15, -0.1) is 0 Å². The second kappa shape index (κ2) is 5.19. The van der Waals surface area contributed by atoms with Crippen LogP contribution in [0.5, 0.6) is 0 Å². The molecule has 0 fully saturated rings. The van der Waals surface area contributed by atoms with Gasteiger partial charge in [0.25, 0.3) is 0 Å². The Morgan fingerprint density at radius 3 is 2.71 bits per heavy atom. The summed E-state index contributed by atoms with van der Waals surface area (Å²) in [5, 5.41) is 0. The van der Waals surface area contributed by atoms with Crippen molar-refractivity contribution in [3.63, 3.8) is 0 Å². The molecule has 0 saturated carbocycles. The van der Waals surface area contributed by atoms with E-state index in [2.05, 4.69) is 20.9 Å².